The first-order valence-electron chi connectivity index (χ1n) is 5.96. The van der Waals surface area contributed by atoms with Crippen molar-refractivity contribution in [1.29, 1.82) is 0 Å². The van der Waals surface area contributed by atoms with Gasteiger partial charge < -0.3 is 15.4 Å². The van der Waals surface area contributed by atoms with Crippen molar-refractivity contribution < 1.29 is 14.3 Å². The van der Waals surface area contributed by atoms with Crippen molar-refractivity contribution in [3.05, 3.63) is 63.7 Å². The zero-order chi connectivity index (χ0) is 14.5. The number of H-pyrrole nitrogens is 1. The minimum Gasteiger partial charge on any atom is -0.392 e. The molecular formula is C14H13FN2O2S. The summed E-state index contributed by atoms with van der Waals surface area (Å²) in [6.45, 7) is -0.145. The van der Waals surface area contributed by atoms with Crippen LogP contribution >= 0.6 is 12.2 Å². The van der Waals surface area contributed by atoms with Gasteiger partial charge in [0.15, 0.2) is 0 Å². The standard InChI is InChI=1S/C14H13FN2O2S/c15-12-4-3-9(6-10(12)8-18)7-17-13(19)11-2-1-5-16-14(11)20/h1-6,18H,7-8H2,(H,16,20)(H,17,19). The molecule has 3 N–H and O–H groups in total. The molecule has 0 spiro atoms. The number of pyridine rings is 1. The Labute approximate surface area is 120 Å². The Morgan fingerprint density at radius 3 is 2.90 bits per heavy atom. The molecule has 6 heteroatoms. The number of aliphatic hydroxyl groups excluding tert-OH is 1. The topological polar surface area (TPSA) is 65.1 Å². The van der Waals surface area contributed by atoms with E-state index in [1.54, 1.807) is 24.4 Å². The summed E-state index contributed by atoms with van der Waals surface area (Å²) in [5.74, 6) is -0.769. The summed E-state index contributed by atoms with van der Waals surface area (Å²) in [5.41, 5.74) is 1.29. The van der Waals surface area contributed by atoms with Gasteiger partial charge in [-0.3, -0.25) is 4.79 Å². The van der Waals surface area contributed by atoms with Crippen LogP contribution in [0.5, 0.6) is 0 Å². The summed E-state index contributed by atoms with van der Waals surface area (Å²) in [5, 5.41) is 11.7. The highest BCUT2D eigenvalue weighted by Crippen LogP contribution is 2.10. The van der Waals surface area contributed by atoms with Crippen molar-refractivity contribution in [2.24, 2.45) is 0 Å². The first-order chi connectivity index (χ1) is 9.61. The number of benzene rings is 1. The third-order valence-electron chi connectivity index (χ3n) is 2.80. The number of carbonyl (C=O) groups is 1. The second-order valence-electron chi connectivity index (χ2n) is 4.18. The van der Waals surface area contributed by atoms with E-state index in [9.17, 15) is 9.18 Å². The summed E-state index contributed by atoms with van der Waals surface area (Å²) in [7, 11) is 0. The van der Waals surface area contributed by atoms with Gasteiger partial charge in [0.2, 0.25) is 0 Å². The maximum atomic E-state index is 13.2. The number of halogens is 1. The summed E-state index contributed by atoms with van der Waals surface area (Å²) < 4.78 is 13.6. The van der Waals surface area contributed by atoms with E-state index < -0.39 is 5.82 Å². The van der Waals surface area contributed by atoms with Crippen LogP contribution in [-0.2, 0) is 13.2 Å². The molecule has 2 aromatic rings. The molecule has 0 fully saturated rings. The second kappa shape index (κ2) is 6.40. The Bertz CT molecular complexity index is 685. The number of carbonyl (C=O) groups excluding carboxylic acids is 1. The number of amides is 1. The Hall–Kier alpha value is -2.05. The zero-order valence-corrected chi connectivity index (χ0v) is 11.3. The van der Waals surface area contributed by atoms with Crippen molar-refractivity contribution >= 4 is 18.1 Å². The molecule has 1 aromatic carbocycles. The molecule has 0 aliphatic rings. The molecule has 20 heavy (non-hydrogen) atoms. The van der Waals surface area contributed by atoms with Gasteiger partial charge in [0.25, 0.3) is 5.91 Å². The molecule has 2 rings (SSSR count). The molecule has 1 aromatic heterocycles. The molecule has 104 valence electrons. The predicted octanol–water partition coefficient (Wildman–Crippen LogP) is 2.31. The lowest BCUT2D eigenvalue weighted by atomic mass is 10.1. The summed E-state index contributed by atoms with van der Waals surface area (Å²) in [6.07, 6.45) is 1.65. The van der Waals surface area contributed by atoms with Gasteiger partial charge in [-0.2, -0.15) is 0 Å². The van der Waals surface area contributed by atoms with Crippen molar-refractivity contribution in [3.63, 3.8) is 0 Å². The van der Waals surface area contributed by atoms with Crippen molar-refractivity contribution in [1.82, 2.24) is 10.3 Å². The summed E-state index contributed by atoms with van der Waals surface area (Å²) in [6, 6.07) is 7.65. The minimum absolute atomic E-state index is 0.203. The summed E-state index contributed by atoms with van der Waals surface area (Å²) >= 11 is 5.02. The monoisotopic (exact) mass is 292 g/mol. The number of nitrogens with one attached hydrogen (secondary N) is 2. The average molecular weight is 292 g/mol. The molecule has 0 aliphatic carbocycles. The van der Waals surface area contributed by atoms with Crippen LogP contribution in [0.25, 0.3) is 0 Å². The van der Waals surface area contributed by atoms with Crippen LogP contribution < -0.4 is 5.32 Å². The van der Waals surface area contributed by atoms with Crippen LogP contribution in [0.3, 0.4) is 0 Å². The molecule has 0 aliphatic heterocycles. The van der Waals surface area contributed by atoms with Gasteiger partial charge in [-0.05, 0) is 29.8 Å². The van der Waals surface area contributed by atoms with Crippen LogP contribution in [0.4, 0.5) is 4.39 Å². The van der Waals surface area contributed by atoms with Crippen LogP contribution in [0, 0.1) is 10.5 Å². The molecule has 4 nitrogen and oxygen atoms in total. The highest BCUT2D eigenvalue weighted by Gasteiger charge is 2.08. The van der Waals surface area contributed by atoms with E-state index in [0.29, 0.717) is 15.8 Å². The lowest BCUT2D eigenvalue weighted by molar-refractivity contribution is 0.0950. The highest BCUT2D eigenvalue weighted by molar-refractivity contribution is 7.71. The molecule has 1 amide bonds. The van der Waals surface area contributed by atoms with E-state index in [1.807, 2.05) is 0 Å². The fourth-order valence-corrected chi connectivity index (χ4v) is 1.97. The molecule has 0 atom stereocenters. The average Bonchev–Trinajstić information content (AvgIpc) is 2.46. The molecular weight excluding hydrogens is 279 g/mol. The van der Waals surface area contributed by atoms with E-state index in [2.05, 4.69) is 10.3 Å². The lowest BCUT2D eigenvalue weighted by Gasteiger charge is -2.07. The number of aromatic nitrogens is 1. The largest absolute Gasteiger partial charge is 0.392 e. The van der Waals surface area contributed by atoms with Crippen LogP contribution in [0.1, 0.15) is 21.5 Å². The van der Waals surface area contributed by atoms with E-state index in [0.717, 1.165) is 0 Å². The van der Waals surface area contributed by atoms with Crippen molar-refractivity contribution in [3.8, 4) is 0 Å². The van der Waals surface area contributed by atoms with Gasteiger partial charge in [0, 0.05) is 18.3 Å². The van der Waals surface area contributed by atoms with E-state index in [1.165, 1.54) is 12.1 Å². The van der Waals surface area contributed by atoms with Crippen molar-refractivity contribution in [2.45, 2.75) is 13.2 Å². The minimum atomic E-state index is -0.465. The van der Waals surface area contributed by atoms with E-state index in [-0.39, 0.29) is 24.6 Å². The van der Waals surface area contributed by atoms with Crippen LogP contribution in [0.15, 0.2) is 36.5 Å². The molecule has 0 saturated heterocycles. The number of hydrogen-bond donors (Lipinski definition) is 3. The molecule has 1 heterocycles. The number of hydrogen-bond acceptors (Lipinski definition) is 3. The Morgan fingerprint density at radius 1 is 1.40 bits per heavy atom. The highest BCUT2D eigenvalue weighted by atomic mass is 32.1. The molecule has 0 saturated carbocycles. The summed E-state index contributed by atoms with van der Waals surface area (Å²) in [4.78, 5) is 14.7. The van der Waals surface area contributed by atoms with Crippen molar-refractivity contribution in [2.75, 3.05) is 0 Å². The SMILES string of the molecule is O=C(NCc1ccc(F)c(CO)c1)c1ccc[nH]c1=S. The maximum Gasteiger partial charge on any atom is 0.254 e. The van der Waals surface area contributed by atoms with E-state index >= 15 is 0 Å². The normalized spacial score (nSPS) is 10.3. The number of aromatic amines is 1. The quantitative estimate of drug-likeness (QED) is 0.758. The first-order valence-corrected chi connectivity index (χ1v) is 6.36. The van der Waals surface area contributed by atoms with Gasteiger partial charge in [-0.15, -0.1) is 0 Å². The maximum absolute atomic E-state index is 13.2. The Balaban J connectivity index is 2.07. The Morgan fingerprint density at radius 2 is 2.20 bits per heavy atom. The van der Waals surface area contributed by atoms with Gasteiger partial charge in [-0.25, -0.2) is 4.39 Å². The van der Waals surface area contributed by atoms with Crippen LogP contribution in [-0.4, -0.2) is 16.0 Å². The molecule has 0 radical (unpaired) electrons. The molecule has 0 bridgehead atoms. The van der Waals surface area contributed by atoms with Gasteiger partial charge in [0.1, 0.15) is 10.5 Å². The Kier molecular flexibility index (Phi) is 4.60. The lowest BCUT2D eigenvalue weighted by Crippen LogP contribution is -2.23. The third kappa shape index (κ3) is 3.28. The van der Waals surface area contributed by atoms with Crippen LogP contribution in [0.2, 0.25) is 0 Å². The fourth-order valence-electron chi connectivity index (χ4n) is 1.74. The smallest absolute Gasteiger partial charge is 0.254 e. The number of rotatable bonds is 4. The van der Waals surface area contributed by atoms with E-state index in [4.69, 9.17) is 17.3 Å². The predicted molar refractivity (Wildman–Crippen MR) is 75.1 cm³/mol. The zero-order valence-electron chi connectivity index (χ0n) is 10.5. The van der Waals surface area contributed by atoms with Gasteiger partial charge in [-0.1, -0.05) is 18.3 Å². The second-order valence-corrected chi connectivity index (χ2v) is 4.59. The first kappa shape index (κ1) is 14.4. The van der Waals surface area contributed by atoms with Gasteiger partial charge >= 0.3 is 0 Å². The third-order valence-corrected chi connectivity index (χ3v) is 3.13. The fraction of sp³-hybridized carbons (Fsp3) is 0.143. The number of aliphatic hydroxyl groups is 1. The molecule has 0 unspecified atom stereocenters. The van der Waals surface area contributed by atoms with Gasteiger partial charge in [0.05, 0.1) is 12.2 Å².